The van der Waals surface area contributed by atoms with Gasteiger partial charge in [-0.05, 0) is 11.5 Å². The molecule has 0 bridgehead atoms. The van der Waals surface area contributed by atoms with E-state index in [0.717, 1.165) is 4.90 Å². The lowest BCUT2D eigenvalue weighted by Crippen LogP contribution is -2.52. The molecule has 9 amide bonds. The average Bonchev–Trinajstić information content (AvgIpc) is 3.33. The summed E-state index contributed by atoms with van der Waals surface area (Å²) < 4.78 is 5.18. The number of nitrogens with one attached hydrogen (secondary N) is 5. The van der Waals surface area contributed by atoms with Crippen LogP contribution in [0.15, 0.2) is 41.5 Å². The number of hydrogen-bond acceptors (Lipinski definition) is 10. The van der Waals surface area contributed by atoms with E-state index in [9.17, 15) is 43.2 Å². The van der Waals surface area contributed by atoms with E-state index in [1.807, 2.05) is 0 Å². The Hall–Kier alpha value is -4.69. The number of likely N-dealkylation sites (N-methyl/N-ethyl adjacent to an activating group) is 1. The summed E-state index contributed by atoms with van der Waals surface area (Å²) in [5, 5.41) is 12.2. The van der Waals surface area contributed by atoms with E-state index in [1.54, 1.807) is 44.2 Å². The fourth-order valence-corrected chi connectivity index (χ4v) is 6.02. The molecule has 20 heteroatoms. The van der Waals surface area contributed by atoms with Crippen molar-refractivity contribution in [2.75, 3.05) is 57.2 Å². The van der Waals surface area contributed by atoms with Crippen LogP contribution >= 0.6 is 31.9 Å². The van der Waals surface area contributed by atoms with E-state index in [1.165, 1.54) is 11.9 Å². The van der Waals surface area contributed by atoms with Gasteiger partial charge in [-0.25, -0.2) is 0 Å². The second-order valence-corrected chi connectivity index (χ2v) is 12.8. The Morgan fingerprint density at radius 1 is 0.808 bits per heavy atom. The molecular formula is C32H42Br2N8O10. The van der Waals surface area contributed by atoms with Crippen molar-refractivity contribution in [3.63, 3.8) is 0 Å². The van der Waals surface area contributed by atoms with Gasteiger partial charge in [0.15, 0.2) is 0 Å². The lowest BCUT2D eigenvalue weighted by Gasteiger charge is -2.28. The van der Waals surface area contributed by atoms with Gasteiger partial charge in [-0.3, -0.25) is 48.1 Å². The van der Waals surface area contributed by atoms with Crippen LogP contribution in [0.25, 0.3) is 0 Å². The molecule has 0 saturated carbocycles. The monoisotopic (exact) mass is 856 g/mol. The average molecular weight is 859 g/mol. The number of carbonyl (C=O) groups is 9. The molecule has 284 valence electrons. The summed E-state index contributed by atoms with van der Waals surface area (Å²) in [5.41, 5.74) is 6.51. The van der Waals surface area contributed by atoms with Gasteiger partial charge in [0.2, 0.25) is 41.4 Å². The number of ether oxygens (including phenoxy) is 1. The lowest BCUT2D eigenvalue weighted by molar-refractivity contribution is -0.143. The first-order valence-corrected chi connectivity index (χ1v) is 18.1. The van der Waals surface area contributed by atoms with Crippen LogP contribution in [0.1, 0.15) is 19.4 Å². The fraction of sp³-hybridized carbons (Fsp3) is 0.469. The van der Waals surface area contributed by atoms with Crippen molar-refractivity contribution in [2.24, 2.45) is 11.7 Å². The molecule has 0 spiro atoms. The van der Waals surface area contributed by atoms with Crippen LogP contribution in [0.5, 0.6) is 0 Å². The van der Waals surface area contributed by atoms with Crippen molar-refractivity contribution in [3.05, 3.63) is 47.0 Å². The minimum Gasteiger partial charge on any atom is -0.368 e. The number of hydrogen-bond donors (Lipinski definition) is 6. The van der Waals surface area contributed by atoms with Crippen LogP contribution < -0.4 is 32.3 Å². The van der Waals surface area contributed by atoms with Crippen molar-refractivity contribution in [1.29, 1.82) is 0 Å². The third-order valence-electron chi connectivity index (χ3n) is 7.52. The smallest absolute Gasteiger partial charge is 0.258 e. The Morgan fingerprint density at radius 2 is 1.35 bits per heavy atom. The van der Waals surface area contributed by atoms with Gasteiger partial charge in [-0.15, -0.1) is 0 Å². The van der Waals surface area contributed by atoms with Gasteiger partial charge < -0.3 is 42.0 Å². The largest absolute Gasteiger partial charge is 0.368 e. The summed E-state index contributed by atoms with van der Waals surface area (Å²) in [6.45, 7) is 0.438. The number of alkyl halides is 2. The molecule has 1 aliphatic rings. The van der Waals surface area contributed by atoms with Crippen LogP contribution in [0.3, 0.4) is 0 Å². The molecular weight excluding hydrogens is 816 g/mol. The number of benzene rings is 1. The van der Waals surface area contributed by atoms with Crippen molar-refractivity contribution < 1.29 is 47.9 Å². The number of primary amides is 1. The quantitative estimate of drug-likeness (QED) is 0.0330. The summed E-state index contributed by atoms with van der Waals surface area (Å²) in [6, 6.07) is 6.71. The van der Waals surface area contributed by atoms with E-state index < -0.39 is 98.0 Å². The second-order valence-electron chi connectivity index (χ2n) is 11.7. The van der Waals surface area contributed by atoms with E-state index in [2.05, 4.69) is 58.4 Å². The first-order chi connectivity index (χ1) is 24.6. The molecule has 0 aliphatic carbocycles. The summed E-state index contributed by atoms with van der Waals surface area (Å²) in [4.78, 5) is 114. The maximum Gasteiger partial charge on any atom is 0.258 e. The highest BCUT2D eigenvalue weighted by Gasteiger charge is 2.37. The molecule has 0 fully saturated rings. The van der Waals surface area contributed by atoms with Crippen molar-refractivity contribution in [2.45, 2.75) is 32.4 Å². The predicted octanol–water partition coefficient (Wildman–Crippen LogP) is -2.42. The normalized spacial score (nSPS) is 13.7. The number of carbonyl (C=O) groups excluding carboxylic acids is 9. The summed E-state index contributed by atoms with van der Waals surface area (Å²) in [7, 11) is 1.42. The number of amides is 9. The van der Waals surface area contributed by atoms with Crippen LogP contribution in [-0.2, 0) is 54.3 Å². The van der Waals surface area contributed by atoms with Crippen LogP contribution in [0, 0.1) is 5.92 Å². The zero-order valence-corrected chi connectivity index (χ0v) is 32.0. The van der Waals surface area contributed by atoms with Crippen molar-refractivity contribution in [3.8, 4) is 0 Å². The lowest BCUT2D eigenvalue weighted by atomic mass is 10.0. The standard InChI is InChI=1S/C32H42Br2N8O10/c1-18(2)28(29(35)48)41(3)27(47)16-52-17-39-24(44)13-38-30(49)22(9-19-7-5-4-6-8-19)40-25(45)14-36-23(43)12-37-26(46)15-42-31(50)20(10-33)21(11-34)32(42)51/h4-8,18,22,28H,9-17H2,1-3H3,(H2,35,48)(H,36,43)(H,37,46)(H,38,49)(H,39,44)(H,40,45)/t22-,28-/m0/s1. The fourth-order valence-electron chi connectivity index (χ4n) is 4.87. The second kappa shape index (κ2) is 21.6. The van der Waals surface area contributed by atoms with Gasteiger partial charge >= 0.3 is 0 Å². The third kappa shape index (κ3) is 13.5. The molecule has 0 radical (unpaired) electrons. The Balaban J connectivity index is 1.82. The molecule has 18 nitrogen and oxygen atoms in total. The Morgan fingerprint density at radius 3 is 1.90 bits per heavy atom. The first-order valence-electron chi connectivity index (χ1n) is 15.8. The van der Waals surface area contributed by atoms with E-state index in [-0.39, 0.29) is 40.9 Å². The van der Waals surface area contributed by atoms with Gasteiger partial charge in [0.05, 0.1) is 19.6 Å². The molecule has 52 heavy (non-hydrogen) atoms. The molecule has 1 aromatic carbocycles. The minimum absolute atomic E-state index is 0.0435. The Bertz CT molecular complexity index is 1530. The highest BCUT2D eigenvalue weighted by molar-refractivity contribution is 9.09. The van der Waals surface area contributed by atoms with E-state index >= 15 is 0 Å². The van der Waals surface area contributed by atoms with Crippen LogP contribution in [-0.4, -0.2) is 132 Å². The van der Waals surface area contributed by atoms with Crippen LogP contribution in [0.2, 0.25) is 0 Å². The number of imide groups is 1. The molecule has 7 N–H and O–H groups in total. The highest BCUT2D eigenvalue weighted by Crippen LogP contribution is 2.23. The van der Waals surface area contributed by atoms with Crippen molar-refractivity contribution in [1.82, 2.24) is 36.4 Å². The van der Waals surface area contributed by atoms with Gasteiger partial charge in [0.1, 0.15) is 32.0 Å². The third-order valence-corrected chi connectivity index (χ3v) is 8.64. The first kappa shape index (κ1) is 43.5. The maximum absolute atomic E-state index is 13.0. The molecule has 0 saturated heterocycles. The van der Waals surface area contributed by atoms with Crippen molar-refractivity contribution >= 4 is 85.0 Å². The number of nitrogens with two attached hydrogens (primary N) is 1. The zero-order chi connectivity index (χ0) is 39.0. The summed E-state index contributed by atoms with van der Waals surface area (Å²) in [5.74, 6) is -6.30. The summed E-state index contributed by atoms with van der Waals surface area (Å²) >= 11 is 6.30. The molecule has 1 aliphatic heterocycles. The zero-order valence-electron chi connectivity index (χ0n) is 28.8. The maximum atomic E-state index is 13.0. The van der Waals surface area contributed by atoms with E-state index in [4.69, 9.17) is 10.5 Å². The number of nitrogens with zero attached hydrogens (tertiary/aromatic N) is 2. The topological polar surface area (TPSA) is 256 Å². The molecule has 2 atom stereocenters. The van der Waals surface area contributed by atoms with E-state index in [0.29, 0.717) is 5.56 Å². The molecule has 0 unspecified atom stereocenters. The van der Waals surface area contributed by atoms with Gasteiger partial charge in [0.25, 0.3) is 11.8 Å². The Kier molecular flexibility index (Phi) is 18.1. The molecule has 1 heterocycles. The predicted molar refractivity (Wildman–Crippen MR) is 192 cm³/mol. The molecule has 2 rings (SSSR count). The highest BCUT2D eigenvalue weighted by atomic mass is 79.9. The van der Waals surface area contributed by atoms with Gasteiger partial charge in [-0.1, -0.05) is 76.0 Å². The number of rotatable bonds is 21. The number of halogens is 2. The summed E-state index contributed by atoms with van der Waals surface area (Å²) in [6.07, 6.45) is 0.0435. The van der Waals surface area contributed by atoms with Crippen LogP contribution in [0.4, 0.5) is 0 Å². The molecule has 1 aromatic rings. The SMILES string of the molecule is CC(C)[C@@H](C(N)=O)N(C)C(=O)COCNC(=O)CNC(=O)[C@H](Cc1ccccc1)NC(=O)CNC(=O)CNC(=O)CN1C(=O)C(CBr)=C(CBr)C1=O. The molecule has 0 aromatic heterocycles. The van der Waals surface area contributed by atoms with Gasteiger partial charge in [-0.2, -0.15) is 0 Å². The minimum atomic E-state index is -1.15. The van der Waals surface area contributed by atoms with Gasteiger partial charge in [0, 0.05) is 35.3 Å². The Labute approximate surface area is 316 Å².